The zero-order chi connectivity index (χ0) is 14.2. The molecule has 0 saturated heterocycles. The zero-order valence-corrected chi connectivity index (χ0v) is 10.6. The van der Waals surface area contributed by atoms with E-state index >= 15 is 0 Å². The lowest BCUT2D eigenvalue weighted by Crippen LogP contribution is -2.15. The molecule has 8 heteroatoms. The molecule has 0 aliphatic heterocycles. The van der Waals surface area contributed by atoms with Gasteiger partial charge in [0.25, 0.3) is 5.56 Å². The summed E-state index contributed by atoms with van der Waals surface area (Å²) in [5.41, 5.74) is -1.83. The third-order valence-corrected chi connectivity index (χ3v) is 3.20. The second-order valence-corrected chi connectivity index (χ2v) is 4.46. The molecule has 102 valence electrons. The minimum atomic E-state index is -4.58. The number of ether oxygens (including phenoxy) is 1. The van der Waals surface area contributed by atoms with E-state index in [1.54, 1.807) is 6.92 Å². The number of hydrogen-bond donors (Lipinski definition) is 1. The van der Waals surface area contributed by atoms with E-state index in [2.05, 4.69) is 16.5 Å². The fourth-order valence-corrected chi connectivity index (χ4v) is 2.48. The standard InChI is InChI=1S/C11H9F3N2O2S/c1-3-18-5(2)8-15-9(17)7-6(11(12,13)14)4-19-10(7)16-8/h4H,2-3H2,1H3,(H,15,16,17). The molecule has 0 spiro atoms. The fourth-order valence-electron chi connectivity index (χ4n) is 1.53. The van der Waals surface area contributed by atoms with Gasteiger partial charge in [-0.1, -0.05) is 6.58 Å². The summed E-state index contributed by atoms with van der Waals surface area (Å²) in [4.78, 5) is 17.9. The molecule has 0 radical (unpaired) electrons. The number of rotatable bonds is 3. The minimum absolute atomic E-state index is 0.00641. The van der Waals surface area contributed by atoms with Crippen molar-refractivity contribution in [2.75, 3.05) is 6.61 Å². The van der Waals surface area contributed by atoms with E-state index in [-0.39, 0.29) is 16.4 Å². The first-order valence-corrected chi connectivity index (χ1v) is 6.13. The molecule has 19 heavy (non-hydrogen) atoms. The van der Waals surface area contributed by atoms with Crippen molar-refractivity contribution in [1.29, 1.82) is 0 Å². The van der Waals surface area contributed by atoms with Gasteiger partial charge in [-0.25, -0.2) is 4.98 Å². The maximum Gasteiger partial charge on any atom is 0.418 e. The predicted molar refractivity (Wildman–Crippen MR) is 65.9 cm³/mol. The van der Waals surface area contributed by atoms with Crippen LogP contribution in [-0.4, -0.2) is 16.6 Å². The second-order valence-electron chi connectivity index (χ2n) is 3.60. The number of nitrogens with zero attached hydrogens (tertiary/aromatic N) is 1. The van der Waals surface area contributed by atoms with Crippen LogP contribution in [0.15, 0.2) is 16.8 Å². The van der Waals surface area contributed by atoms with Crippen molar-refractivity contribution < 1.29 is 17.9 Å². The Morgan fingerprint density at radius 1 is 1.58 bits per heavy atom. The molecule has 2 heterocycles. The monoisotopic (exact) mass is 290 g/mol. The van der Waals surface area contributed by atoms with Gasteiger partial charge in [0.15, 0.2) is 11.6 Å². The van der Waals surface area contributed by atoms with Crippen LogP contribution in [0.2, 0.25) is 0 Å². The van der Waals surface area contributed by atoms with Gasteiger partial charge in [0, 0.05) is 5.38 Å². The minimum Gasteiger partial charge on any atom is -0.491 e. The van der Waals surface area contributed by atoms with E-state index in [0.717, 1.165) is 16.7 Å². The highest BCUT2D eigenvalue weighted by Crippen LogP contribution is 2.36. The number of alkyl halides is 3. The molecule has 0 aromatic carbocycles. The van der Waals surface area contributed by atoms with E-state index in [1.165, 1.54) is 0 Å². The summed E-state index contributed by atoms with van der Waals surface area (Å²) in [6.45, 7) is 5.58. The molecular weight excluding hydrogens is 281 g/mol. The average molecular weight is 290 g/mol. The molecule has 0 amide bonds. The summed E-state index contributed by atoms with van der Waals surface area (Å²) >= 11 is 0.757. The molecular formula is C11H9F3N2O2S. The van der Waals surface area contributed by atoms with Crippen molar-refractivity contribution >= 4 is 27.3 Å². The number of halogens is 3. The van der Waals surface area contributed by atoms with Crippen LogP contribution in [0.4, 0.5) is 13.2 Å². The topological polar surface area (TPSA) is 55.0 Å². The highest BCUT2D eigenvalue weighted by Gasteiger charge is 2.35. The number of aromatic amines is 1. The smallest absolute Gasteiger partial charge is 0.418 e. The maximum atomic E-state index is 12.7. The van der Waals surface area contributed by atoms with Crippen molar-refractivity contribution in [3.05, 3.63) is 33.7 Å². The van der Waals surface area contributed by atoms with Gasteiger partial charge >= 0.3 is 6.18 Å². The molecule has 2 aromatic rings. The Balaban J connectivity index is 2.62. The van der Waals surface area contributed by atoms with Gasteiger partial charge in [0.2, 0.25) is 0 Å². The van der Waals surface area contributed by atoms with E-state index in [4.69, 9.17) is 4.74 Å². The molecule has 0 aliphatic rings. The molecule has 0 fully saturated rings. The Hall–Kier alpha value is -1.83. The predicted octanol–water partition coefficient (Wildman–Crippen LogP) is 3.01. The molecule has 4 nitrogen and oxygen atoms in total. The highest BCUT2D eigenvalue weighted by atomic mass is 32.1. The Labute approximate surface area is 109 Å². The Morgan fingerprint density at radius 3 is 2.84 bits per heavy atom. The first-order chi connectivity index (χ1) is 8.84. The van der Waals surface area contributed by atoms with Gasteiger partial charge in [-0.05, 0) is 6.92 Å². The van der Waals surface area contributed by atoms with Crippen molar-refractivity contribution in [2.24, 2.45) is 0 Å². The van der Waals surface area contributed by atoms with Crippen LogP contribution in [0.5, 0.6) is 0 Å². The number of H-pyrrole nitrogens is 1. The van der Waals surface area contributed by atoms with Crippen molar-refractivity contribution in [3.63, 3.8) is 0 Å². The van der Waals surface area contributed by atoms with E-state index in [0.29, 0.717) is 6.61 Å². The summed E-state index contributed by atoms with van der Waals surface area (Å²) in [6.07, 6.45) is -4.58. The lowest BCUT2D eigenvalue weighted by molar-refractivity contribution is -0.136. The number of thiophene rings is 1. The number of aromatic nitrogens is 2. The van der Waals surface area contributed by atoms with Crippen LogP contribution in [0, 0.1) is 0 Å². The van der Waals surface area contributed by atoms with Gasteiger partial charge in [-0.15, -0.1) is 11.3 Å². The van der Waals surface area contributed by atoms with E-state index < -0.39 is 22.7 Å². The van der Waals surface area contributed by atoms with Gasteiger partial charge in [-0.2, -0.15) is 13.2 Å². The maximum absolute atomic E-state index is 12.7. The number of fused-ring (bicyclic) bond motifs is 1. The average Bonchev–Trinajstić information content (AvgIpc) is 2.73. The third kappa shape index (κ3) is 2.48. The first kappa shape index (κ1) is 13.6. The quantitative estimate of drug-likeness (QED) is 0.884. The van der Waals surface area contributed by atoms with Gasteiger partial charge in [0.05, 0.1) is 17.6 Å². The van der Waals surface area contributed by atoms with E-state index in [1.807, 2.05) is 0 Å². The summed E-state index contributed by atoms with van der Waals surface area (Å²) in [5, 5.41) is 0.422. The Kier molecular flexibility index (Phi) is 3.36. The lowest BCUT2D eigenvalue weighted by atomic mass is 10.2. The molecule has 0 bridgehead atoms. The molecule has 0 unspecified atom stereocenters. The lowest BCUT2D eigenvalue weighted by Gasteiger charge is -2.06. The van der Waals surface area contributed by atoms with Gasteiger partial charge in [0.1, 0.15) is 4.83 Å². The first-order valence-electron chi connectivity index (χ1n) is 5.25. The second kappa shape index (κ2) is 4.69. The molecule has 0 aliphatic carbocycles. The van der Waals surface area contributed by atoms with Crippen LogP contribution in [0.25, 0.3) is 16.0 Å². The Morgan fingerprint density at radius 2 is 2.26 bits per heavy atom. The van der Waals surface area contributed by atoms with Crippen LogP contribution >= 0.6 is 11.3 Å². The van der Waals surface area contributed by atoms with Crippen LogP contribution in [0.3, 0.4) is 0 Å². The SMILES string of the molecule is C=C(OCC)c1nc2scc(C(F)(F)F)c2c(=O)[nH]1. The molecule has 0 atom stereocenters. The summed E-state index contributed by atoms with van der Waals surface area (Å²) in [5.74, 6) is 0.151. The molecule has 0 saturated carbocycles. The number of nitrogens with one attached hydrogen (secondary N) is 1. The highest BCUT2D eigenvalue weighted by molar-refractivity contribution is 7.16. The molecule has 1 N–H and O–H groups in total. The third-order valence-electron chi connectivity index (χ3n) is 2.33. The van der Waals surface area contributed by atoms with Crippen molar-refractivity contribution in [2.45, 2.75) is 13.1 Å². The van der Waals surface area contributed by atoms with Crippen molar-refractivity contribution in [3.8, 4) is 0 Å². The van der Waals surface area contributed by atoms with Gasteiger partial charge < -0.3 is 9.72 Å². The largest absolute Gasteiger partial charge is 0.491 e. The van der Waals surface area contributed by atoms with Gasteiger partial charge in [-0.3, -0.25) is 4.79 Å². The van der Waals surface area contributed by atoms with Crippen molar-refractivity contribution in [1.82, 2.24) is 9.97 Å². The summed E-state index contributed by atoms with van der Waals surface area (Å²) in [7, 11) is 0. The summed E-state index contributed by atoms with van der Waals surface area (Å²) in [6, 6.07) is 0. The van der Waals surface area contributed by atoms with Crippen LogP contribution in [0.1, 0.15) is 18.3 Å². The molecule has 2 rings (SSSR count). The summed E-state index contributed by atoms with van der Waals surface area (Å²) < 4.78 is 43.1. The zero-order valence-electron chi connectivity index (χ0n) is 9.80. The fraction of sp³-hybridized carbons (Fsp3) is 0.273. The normalized spacial score (nSPS) is 11.8. The Bertz CT molecular complexity index is 687. The number of hydrogen-bond acceptors (Lipinski definition) is 4. The molecule has 2 aromatic heterocycles. The van der Waals surface area contributed by atoms with Crippen LogP contribution in [-0.2, 0) is 10.9 Å². The van der Waals surface area contributed by atoms with E-state index in [9.17, 15) is 18.0 Å². The van der Waals surface area contributed by atoms with Crippen LogP contribution < -0.4 is 5.56 Å².